The van der Waals surface area contributed by atoms with Gasteiger partial charge in [0.1, 0.15) is 0 Å². The molecule has 0 saturated carbocycles. The van der Waals surface area contributed by atoms with Crippen LogP contribution in [0.1, 0.15) is 23.5 Å². The fourth-order valence-electron chi connectivity index (χ4n) is 2.30. The molecule has 2 aromatic rings. The van der Waals surface area contributed by atoms with E-state index in [1.807, 2.05) is 48.5 Å². The zero-order valence-corrected chi connectivity index (χ0v) is 12.6. The molecule has 0 spiro atoms. The highest BCUT2D eigenvalue weighted by molar-refractivity contribution is 6.31. The molecule has 0 bridgehead atoms. The molecule has 0 aliphatic heterocycles. The van der Waals surface area contributed by atoms with Gasteiger partial charge in [-0.15, -0.1) is 0 Å². The molecule has 22 heavy (non-hydrogen) atoms. The smallest absolute Gasteiger partial charge is 0.255 e. The minimum absolute atomic E-state index is 0.0699. The van der Waals surface area contributed by atoms with E-state index in [4.69, 9.17) is 11.6 Å². The fourth-order valence-corrected chi connectivity index (χ4v) is 2.57. The van der Waals surface area contributed by atoms with Crippen molar-refractivity contribution in [1.29, 1.82) is 0 Å². The summed E-state index contributed by atoms with van der Waals surface area (Å²) in [6, 6.07) is 16.7. The Balaban J connectivity index is 2.24. The van der Waals surface area contributed by atoms with E-state index < -0.39 is 18.9 Å². The number of hydrogen-bond donors (Lipinski definition) is 1. The van der Waals surface area contributed by atoms with Crippen molar-refractivity contribution < 1.29 is 13.6 Å². The summed E-state index contributed by atoms with van der Waals surface area (Å²) in [5.41, 5.74) is 1.73. The number of hydrogen-bond acceptors (Lipinski definition) is 1. The molecule has 2 nitrogen and oxygen atoms in total. The Labute approximate surface area is 133 Å². The van der Waals surface area contributed by atoms with Crippen LogP contribution < -0.4 is 5.32 Å². The number of alkyl halides is 2. The predicted octanol–water partition coefficient (Wildman–Crippen LogP) is 4.24. The van der Waals surface area contributed by atoms with Crippen molar-refractivity contribution in [2.45, 2.75) is 18.8 Å². The maximum atomic E-state index is 12.2. The maximum Gasteiger partial charge on any atom is 0.255 e. The lowest BCUT2D eigenvalue weighted by molar-refractivity contribution is -0.121. The molecule has 1 atom stereocenters. The van der Waals surface area contributed by atoms with Crippen molar-refractivity contribution in [3.8, 4) is 0 Å². The van der Waals surface area contributed by atoms with Gasteiger partial charge in [0.15, 0.2) is 0 Å². The Bertz CT molecular complexity index is 619. The Morgan fingerprint density at radius 2 is 1.68 bits per heavy atom. The normalized spacial score (nSPS) is 12.2. The summed E-state index contributed by atoms with van der Waals surface area (Å²) in [6.07, 6.45) is -2.49. The van der Waals surface area contributed by atoms with Crippen LogP contribution in [-0.2, 0) is 4.79 Å². The first kappa shape index (κ1) is 16.4. The van der Waals surface area contributed by atoms with Crippen LogP contribution in [0.25, 0.3) is 0 Å². The van der Waals surface area contributed by atoms with E-state index in [1.54, 1.807) is 6.07 Å². The van der Waals surface area contributed by atoms with E-state index >= 15 is 0 Å². The van der Waals surface area contributed by atoms with Crippen LogP contribution in [0.2, 0.25) is 5.02 Å². The highest BCUT2D eigenvalue weighted by Gasteiger charge is 2.20. The summed E-state index contributed by atoms with van der Waals surface area (Å²) >= 11 is 6.23. The summed E-state index contributed by atoms with van der Waals surface area (Å²) in [5.74, 6) is -0.693. The first-order valence-corrected chi connectivity index (χ1v) is 7.30. The fraction of sp³-hybridized carbons (Fsp3) is 0.235. The van der Waals surface area contributed by atoms with Crippen LogP contribution in [0.15, 0.2) is 54.6 Å². The zero-order valence-electron chi connectivity index (χ0n) is 11.8. The highest BCUT2D eigenvalue weighted by atomic mass is 35.5. The van der Waals surface area contributed by atoms with Crippen LogP contribution >= 0.6 is 11.6 Å². The Morgan fingerprint density at radius 1 is 1.05 bits per heavy atom. The van der Waals surface area contributed by atoms with Gasteiger partial charge in [-0.05, 0) is 17.2 Å². The van der Waals surface area contributed by atoms with Crippen molar-refractivity contribution in [2.24, 2.45) is 0 Å². The lowest BCUT2D eigenvalue weighted by Crippen LogP contribution is -2.29. The van der Waals surface area contributed by atoms with Crippen molar-refractivity contribution in [2.75, 3.05) is 6.54 Å². The second-order valence-corrected chi connectivity index (χ2v) is 5.29. The van der Waals surface area contributed by atoms with Gasteiger partial charge in [0.05, 0.1) is 6.54 Å². The summed E-state index contributed by atoms with van der Waals surface area (Å²) in [4.78, 5) is 11.9. The average molecular weight is 324 g/mol. The SMILES string of the molecule is O=C(C[C@@H](c1ccccc1)c1ccccc1Cl)NCC(F)F. The molecule has 5 heteroatoms. The van der Waals surface area contributed by atoms with Gasteiger partial charge in [-0.3, -0.25) is 4.79 Å². The first-order chi connectivity index (χ1) is 10.6. The predicted molar refractivity (Wildman–Crippen MR) is 83.4 cm³/mol. The molecule has 116 valence electrons. The minimum atomic E-state index is -2.56. The number of nitrogens with one attached hydrogen (secondary N) is 1. The third-order valence-corrected chi connectivity index (χ3v) is 3.67. The Kier molecular flexibility index (Phi) is 5.90. The van der Waals surface area contributed by atoms with E-state index in [1.165, 1.54) is 0 Å². The van der Waals surface area contributed by atoms with Gasteiger partial charge in [0.25, 0.3) is 6.43 Å². The molecule has 0 unspecified atom stereocenters. The van der Waals surface area contributed by atoms with Crippen LogP contribution in [-0.4, -0.2) is 18.9 Å². The second-order valence-electron chi connectivity index (χ2n) is 4.88. The Morgan fingerprint density at radius 3 is 2.32 bits per heavy atom. The van der Waals surface area contributed by atoms with Gasteiger partial charge >= 0.3 is 0 Å². The molecular formula is C17H16ClF2NO. The average Bonchev–Trinajstić information content (AvgIpc) is 2.52. The van der Waals surface area contributed by atoms with Crippen molar-refractivity contribution in [1.82, 2.24) is 5.32 Å². The molecule has 0 aliphatic carbocycles. The molecule has 0 radical (unpaired) electrons. The second kappa shape index (κ2) is 7.90. The molecule has 0 fully saturated rings. The lowest BCUT2D eigenvalue weighted by Gasteiger charge is -2.19. The van der Waals surface area contributed by atoms with E-state index in [0.717, 1.165) is 11.1 Å². The van der Waals surface area contributed by atoms with E-state index in [9.17, 15) is 13.6 Å². The number of amides is 1. The van der Waals surface area contributed by atoms with Crippen LogP contribution in [0.3, 0.4) is 0 Å². The van der Waals surface area contributed by atoms with Gasteiger partial charge in [-0.25, -0.2) is 8.78 Å². The minimum Gasteiger partial charge on any atom is -0.350 e. The first-order valence-electron chi connectivity index (χ1n) is 6.92. The van der Waals surface area contributed by atoms with Crippen molar-refractivity contribution >= 4 is 17.5 Å². The molecule has 0 saturated heterocycles. The third-order valence-electron chi connectivity index (χ3n) is 3.33. The quantitative estimate of drug-likeness (QED) is 0.846. The van der Waals surface area contributed by atoms with Gasteiger partial charge in [0, 0.05) is 17.4 Å². The molecule has 0 aromatic heterocycles. The maximum absolute atomic E-state index is 12.2. The molecule has 2 rings (SSSR count). The van der Waals surface area contributed by atoms with Crippen molar-refractivity contribution in [3.63, 3.8) is 0 Å². The largest absolute Gasteiger partial charge is 0.350 e. The van der Waals surface area contributed by atoms with E-state index in [0.29, 0.717) is 5.02 Å². The van der Waals surface area contributed by atoms with E-state index in [2.05, 4.69) is 5.32 Å². The summed E-state index contributed by atoms with van der Waals surface area (Å²) in [5, 5.41) is 2.79. The molecule has 1 N–H and O–H groups in total. The topological polar surface area (TPSA) is 29.1 Å². The number of carbonyl (C=O) groups excluding carboxylic acids is 1. The zero-order chi connectivity index (χ0) is 15.9. The van der Waals surface area contributed by atoms with E-state index in [-0.39, 0.29) is 12.3 Å². The van der Waals surface area contributed by atoms with Crippen LogP contribution in [0.5, 0.6) is 0 Å². The standard InChI is InChI=1S/C17H16ClF2NO/c18-15-9-5-4-8-13(15)14(12-6-2-1-3-7-12)10-17(22)21-11-16(19)20/h1-9,14,16H,10-11H2,(H,21,22)/t14-/m0/s1. The molecule has 0 heterocycles. The summed E-state index contributed by atoms with van der Waals surface area (Å²) in [6.45, 7) is -0.636. The number of rotatable bonds is 6. The van der Waals surface area contributed by atoms with Crippen molar-refractivity contribution in [3.05, 3.63) is 70.7 Å². The third kappa shape index (κ3) is 4.53. The van der Waals surface area contributed by atoms with Gasteiger partial charge in [-0.2, -0.15) is 0 Å². The Hall–Kier alpha value is -1.94. The highest BCUT2D eigenvalue weighted by Crippen LogP contribution is 2.32. The molecular weight excluding hydrogens is 308 g/mol. The number of halogens is 3. The summed E-state index contributed by atoms with van der Waals surface area (Å²) in [7, 11) is 0. The lowest BCUT2D eigenvalue weighted by atomic mass is 9.88. The number of benzene rings is 2. The van der Waals surface area contributed by atoms with Gasteiger partial charge in [0.2, 0.25) is 5.91 Å². The molecule has 1 amide bonds. The molecule has 0 aliphatic rings. The summed E-state index contributed by atoms with van der Waals surface area (Å²) < 4.78 is 24.4. The van der Waals surface area contributed by atoms with Gasteiger partial charge in [-0.1, -0.05) is 60.1 Å². The van der Waals surface area contributed by atoms with Crippen LogP contribution in [0, 0.1) is 0 Å². The van der Waals surface area contributed by atoms with Gasteiger partial charge < -0.3 is 5.32 Å². The van der Waals surface area contributed by atoms with Crippen LogP contribution in [0.4, 0.5) is 8.78 Å². The number of carbonyl (C=O) groups is 1. The molecule has 2 aromatic carbocycles. The monoisotopic (exact) mass is 323 g/mol.